The molecule has 0 fully saturated rings. The standard InChI is InChI=1S/C19H19Br2N3O3/c1-19(2,3)18(27)23-14-6-4-11(5-7-14)17(26)24-22-10-12-8-13(20)9-15(21)16(12)25/h4-10,25H,1-3H3,(H,23,27)(H,24,26)/b22-10-. The molecule has 2 aromatic rings. The Bertz CT molecular complexity index is 888. The number of anilines is 1. The van der Waals surface area contributed by atoms with Crippen LogP contribution in [0.2, 0.25) is 0 Å². The summed E-state index contributed by atoms with van der Waals surface area (Å²) in [6.07, 6.45) is 1.35. The number of aromatic hydroxyl groups is 1. The largest absolute Gasteiger partial charge is 0.506 e. The van der Waals surface area contributed by atoms with Crippen LogP contribution in [0.15, 0.2) is 50.4 Å². The van der Waals surface area contributed by atoms with Gasteiger partial charge < -0.3 is 10.4 Å². The minimum absolute atomic E-state index is 0.0233. The van der Waals surface area contributed by atoms with Gasteiger partial charge in [-0.05, 0) is 52.3 Å². The Morgan fingerprint density at radius 2 is 1.74 bits per heavy atom. The van der Waals surface area contributed by atoms with Gasteiger partial charge in [-0.25, -0.2) is 5.43 Å². The van der Waals surface area contributed by atoms with E-state index in [2.05, 4.69) is 47.7 Å². The summed E-state index contributed by atoms with van der Waals surface area (Å²) in [7, 11) is 0. The first-order chi connectivity index (χ1) is 12.6. The highest BCUT2D eigenvalue weighted by molar-refractivity contribution is 9.11. The van der Waals surface area contributed by atoms with Crippen molar-refractivity contribution in [1.82, 2.24) is 5.43 Å². The lowest BCUT2D eigenvalue weighted by Crippen LogP contribution is -2.27. The van der Waals surface area contributed by atoms with E-state index in [0.29, 0.717) is 21.3 Å². The van der Waals surface area contributed by atoms with E-state index in [1.54, 1.807) is 36.4 Å². The predicted octanol–water partition coefficient (Wildman–Crippen LogP) is 4.67. The van der Waals surface area contributed by atoms with Gasteiger partial charge in [-0.3, -0.25) is 9.59 Å². The number of rotatable bonds is 4. The summed E-state index contributed by atoms with van der Waals surface area (Å²) in [5, 5.41) is 16.6. The highest BCUT2D eigenvalue weighted by atomic mass is 79.9. The van der Waals surface area contributed by atoms with Crippen molar-refractivity contribution in [3.8, 4) is 5.75 Å². The Hall–Kier alpha value is -2.19. The molecule has 0 radical (unpaired) electrons. The van der Waals surface area contributed by atoms with Crippen LogP contribution in [0.1, 0.15) is 36.7 Å². The zero-order valence-corrected chi connectivity index (χ0v) is 18.2. The van der Waals surface area contributed by atoms with Crippen molar-refractivity contribution >= 4 is 55.6 Å². The van der Waals surface area contributed by atoms with Gasteiger partial charge in [-0.2, -0.15) is 5.10 Å². The minimum Gasteiger partial charge on any atom is -0.506 e. The number of nitrogens with one attached hydrogen (secondary N) is 2. The van der Waals surface area contributed by atoms with Gasteiger partial charge in [0.1, 0.15) is 5.75 Å². The summed E-state index contributed by atoms with van der Waals surface area (Å²) in [5.74, 6) is -0.493. The molecule has 142 valence electrons. The lowest BCUT2D eigenvalue weighted by atomic mass is 9.95. The average molecular weight is 497 g/mol. The van der Waals surface area contributed by atoms with Gasteiger partial charge in [0.05, 0.1) is 10.7 Å². The molecule has 0 atom stereocenters. The van der Waals surface area contributed by atoms with Gasteiger partial charge in [0, 0.05) is 26.7 Å². The van der Waals surface area contributed by atoms with Crippen molar-refractivity contribution in [3.63, 3.8) is 0 Å². The van der Waals surface area contributed by atoms with Gasteiger partial charge in [-0.15, -0.1) is 0 Å². The molecule has 0 aliphatic carbocycles. The molecular weight excluding hydrogens is 478 g/mol. The normalized spacial score (nSPS) is 11.4. The smallest absolute Gasteiger partial charge is 0.271 e. The minimum atomic E-state index is -0.502. The first-order valence-corrected chi connectivity index (χ1v) is 9.59. The fraction of sp³-hybridized carbons (Fsp3) is 0.211. The van der Waals surface area contributed by atoms with Crippen molar-refractivity contribution in [2.75, 3.05) is 5.32 Å². The second-order valence-corrected chi connectivity index (χ2v) is 8.58. The molecule has 8 heteroatoms. The van der Waals surface area contributed by atoms with Crippen LogP contribution in [0.4, 0.5) is 5.69 Å². The van der Waals surface area contributed by atoms with Gasteiger partial charge in [0.2, 0.25) is 5.91 Å². The van der Waals surface area contributed by atoms with E-state index in [9.17, 15) is 14.7 Å². The monoisotopic (exact) mass is 495 g/mol. The maximum Gasteiger partial charge on any atom is 0.271 e. The Kier molecular flexibility index (Phi) is 6.78. The molecule has 2 aromatic carbocycles. The number of halogens is 2. The lowest BCUT2D eigenvalue weighted by Gasteiger charge is -2.17. The van der Waals surface area contributed by atoms with Crippen molar-refractivity contribution < 1.29 is 14.7 Å². The fourth-order valence-electron chi connectivity index (χ4n) is 1.93. The van der Waals surface area contributed by atoms with Crippen LogP contribution >= 0.6 is 31.9 Å². The molecule has 6 nitrogen and oxygen atoms in total. The van der Waals surface area contributed by atoms with Crippen LogP contribution in [-0.2, 0) is 4.79 Å². The molecule has 0 heterocycles. The van der Waals surface area contributed by atoms with Crippen LogP contribution in [0.25, 0.3) is 0 Å². The summed E-state index contributed by atoms with van der Waals surface area (Å²) in [6.45, 7) is 5.47. The van der Waals surface area contributed by atoms with Crippen LogP contribution in [-0.4, -0.2) is 23.1 Å². The molecule has 0 saturated carbocycles. The summed E-state index contributed by atoms with van der Waals surface area (Å²) in [4.78, 5) is 24.1. The SMILES string of the molecule is CC(C)(C)C(=O)Nc1ccc(C(=O)N/N=C\c2cc(Br)cc(Br)c2O)cc1. The highest BCUT2D eigenvalue weighted by Crippen LogP contribution is 2.30. The van der Waals surface area contributed by atoms with Crippen LogP contribution in [0, 0.1) is 5.41 Å². The summed E-state index contributed by atoms with van der Waals surface area (Å²) < 4.78 is 1.27. The van der Waals surface area contributed by atoms with Crippen LogP contribution in [0.5, 0.6) is 5.75 Å². The maximum absolute atomic E-state index is 12.2. The van der Waals surface area contributed by atoms with Crippen molar-refractivity contribution in [3.05, 3.63) is 56.5 Å². The van der Waals surface area contributed by atoms with Crippen molar-refractivity contribution in [1.29, 1.82) is 0 Å². The Morgan fingerprint density at radius 3 is 2.33 bits per heavy atom. The molecule has 0 aliphatic heterocycles. The van der Waals surface area contributed by atoms with E-state index in [1.807, 2.05) is 20.8 Å². The topological polar surface area (TPSA) is 90.8 Å². The van der Waals surface area contributed by atoms with Crippen molar-refractivity contribution in [2.24, 2.45) is 10.5 Å². The molecule has 0 aliphatic rings. The molecular formula is C19H19Br2N3O3. The number of nitrogens with zero attached hydrogens (tertiary/aromatic N) is 1. The summed E-state index contributed by atoms with van der Waals surface area (Å²) >= 11 is 6.55. The van der Waals surface area contributed by atoms with E-state index >= 15 is 0 Å². The number of hydrazone groups is 1. The molecule has 0 saturated heterocycles. The zero-order chi connectivity index (χ0) is 20.2. The van der Waals surface area contributed by atoms with E-state index in [-0.39, 0.29) is 11.7 Å². The predicted molar refractivity (Wildman–Crippen MR) is 113 cm³/mol. The third kappa shape index (κ3) is 5.90. The average Bonchev–Trinajstić information content (AvgIpc) is 2.58. The Labute approximate surface area is 174 Å². The zero-order valence-electron chi connectivity index (χ0n) is 15.0. The number of amides is 2. The number of hydrogen-bond donors (Lipinski definition) is 3. The first-order valence-electron chi connectivity index (χ1n) is 8.01. The number of phenols is 1. The Balaban J connectivity index is 2.01. The molecule has 2 rings (SSSR count). The van der Waals surface area contributed by atoms with Crippen molar-refractivity contribution in [2.45, 2.75) is 20.8 Å². The molecule has 0 spiro atoms. The van der Waals surface area contributed by atoms with Gasteiger partial charge in [0.15, 0.2) is 0 Å². The molecule has 2 amide bonds. The van der Waals surface area contributed by atoms with Gasteiger partial charge in [0.25, 0.3) is 5.91 Å². The van der Waals surface area contributed by atoms with E-state index in [0.717, 1.165) is 4.47 Å². The number of phenolic OH excluding ortho intramolecular Hbond substituents is 1. The second kappa shape index (κ2) is 8.67. The first kappa shape index (κ1) is 21.1. The van der Waals surface area contributed by atoms with Crippen LogP contribution < -0.4 is 10.7 Å². The molecule has 27 heavy (non-hydrogen) atoms. The molecule has 3 N–H and O–H groups in total. The van der Waals surface area contributed by atoms with E-state index in [1.165, 1.54) is 6.21 Å². The summed E-state index contributed by atoms with van der Waals surface area (Å²) in [5.41, 5.74) is 3.34. The van der Waals surface area contributed by atoms with E-state index < -0.39 is 11.3 Å². The third-order valence-corrected chi connectivity index (χ3v) is 4.58. The number of benzene rings is 2. The fourth-order valence-corrected chi connectivity index (χ4v) is 3.19. The highest BCUT2D eigenvalue weighted by Gasteiger charge is 2.21. The quantitative estimate of drug-likeness (QED) is 0.424. The summed E-state index contributed by atoms with van der Waals surface area (Å²) in [6, 6.07) is 9.86. The van der Waals surface area contributed by atoms with Gasteiger partial charge in [-0.1, -0.05) is 36.7 Å². The number of carbonyl (C=O) groups is 2. The number of hydrogen-bond acceptors (Lipinski definition) is 4. The maximum atomic E-state index is 12.2. The van der Waals surface area contributed by atoms with E-state index in [4.69, 9.17) is 0 Å². The van der Waals surface area contributed by atoms with Crippen LogP contribution in [0.3, 0.4) is 0 Å². The Morgan fingerprint density at radius 1 is 1.11 bits per heavy atom. The molecule has 0 unspecified atom stereocenters. The molecule has 0 bridgehead atoms. The second-order valence-electron chi connectivity index (χ2n) is 6.81. The number of carbonyl (C=O) groups excluding carboxylic acids is 2. The molecule has 0 aromatic heterocycles. The third-order valence-electron chi connectivity index (χ3n) is 3.51. The van der Waals surface area contributed by atoms with Gasteiger partial charge >= 0.3 is 0 Å². The lowest BCUT2D eigenvalue weighted by molar-refractivity contribution is -0.123.